The molecule has 1 N–H and O–H groups in total. The summed E-state index contributed by atoms with van der Waals surface area (Å²) in [6.07, 6.45) is 0.883. The van der Waals surface area contributed by atoms with Gasteiger partial charge in [0.25, 0.3) is 0 Å². The summed E-state index contributed by atoms with van der Waals surface area (Å²) in [4.78, 5) is 50.3. The molecule has 5 heterocycles. The van der Waals surface area contributed by atoms with E-state index in [1.54, 1.807) is 15.3 Å². The zero-order valence-electron chi connectivity index (χ0n) is 27.4. The van der Waals surface area contributed by atoms with Crippen LogP contribution in [0.2, 0.25) is 0 Å². The number of alkyl halides is 3. The molecule has 1 saturated heterocycles. The second kappa shape index (κ2) is 11.8. The van der Waals surface area contributed by atoms with Gasteiger partial charge >= 0.3 is 6.18 Å². The Bertz CT molecular complexity index is 2170. The van der Waals surface area contributed by atoms with Crippen molar-refractivity contribution in [1.82, 2.24) is 29.0 Å². The third-order valence-corrected chi connectivity index (χ3v) is 9.63. The van der Waals surface area contributed by atoms with Crippen molar-refractivity contribution in [3.63, 3.8) is 0 Å². The fourth-order valence-corrected chi connectivity index (χ4v) is 7.15. The zero-order valence-corrected chi connectivity index (χ0v) is 27.4. The number of Topliss-reactive ketones (excluding diaryl/α,β-unsaturated/α-hetero) is 1. The van der Waals surface area contributed by atoms with E-state index in [9.17, 15) is 27.6 Å². The van der Waals surface area contributed by atoms with Crippen LogP contribution in [0.15, 0.2) is 48.8 Å². The van der Waals surface area contributed by atoms with Crippen molar-refractivity contribution in [1.29, 1.82) is 0 Å². The Morgan fingerprint density at radius 3 is 2.49 bits per heavy atom. The number of carbonyl (C=O) groups is 3. The summed E-state index contributed by atoms with van der Waals surface area (Å²) in [7, 11) is 1.39. The highest BCUT2D eigenvalue weighted by Crippen LogP contribution is 2.57. The summed E-state index contributed by atoms with van der Waals surface area (Å²) in [6, 6.07) is 8.92. The number of nitrogens with zero attached hydrogens (tertiary/aromatic N) is 6. The quantitative estimate of drug-likeness (QED) is 0.208. The molecule has 2 aliphatic rings. The largest absolute Gasteiger partial charge is 0.433 e. The number of nitrogens with one attached hydrogen (secondary N) is 1. The summed E-state index contributed by atoms with van der Waals surface area (Å²) in [5, 5.41) is 7.71. The molecule has 14 heteroatoms. The van der Waals surface area contributed by atoms with E-state index in [-0.39, 0.29) is 36.2 Å². The molecule has 1 aromatic carbocycles. The van der Waals surface area contributed by atoms with Crippen molar-refractivity contribution in [3.05, 3.63) is 77.0 Å². The number of likely N-dealkylation sites (tertiary alicyclic amines) is 1. The van der Waals surface area contributed by atoms with Crippen LogP contribution < -0.4 is 5.32 Å². The van der Waals surface area contributed by atoms with Crippen LogP contribution in [0, 0.1) is 19.3 Å². The van der Waals surface area contributed by atoms with E-state index in [2.05, 4.69) is 20.4 Å². The first-order valence-corrected chi connectivity index (χ1v) is 15.9. The van der Waals surface area contributed by atoms with Gasteiger partial charge in [-0.25, -0.2) is 14.5 Å². The Hall–Kier alpha value is -5.11. The number of hydrogen-bond acceptors (Lipinski definition) is 7. The van der Waals surface area contributed by atoms with Crippen LogP contribution in [-0.4, -0.2) is 66.3 Å². The summed E-state index contributed by atoms with van der Waals surface area (Å²) in [6.45, 7) is 5.34. The van der Waals surface area contributed by atoms with Crippen molar-refractivity contribution < 1.29 is 32.3 Å². The molecule has 1 atom stereocenters. The summed E-state index contributed by atoms with van der Waals surface area (Å²) in [5.74, 6) is -0.678. The predicted octanol–water partition coefficient (Wildman–Crippen LogP) is 5.75. The van der Waals surface area contributed by atoms with Crippen molar-refractivity contribution in [2.24, 2.45) is 5.41 Å². The lowest BCUT2D eigenvalue weighted by Crippen LogP contribution is -2.47. The fraction of sp³-hybridized carbons (Fsp3) is 0.371. The number of aryl methyl sites for hydroxylation is 2. The van der Waals surface area contributed by atoms with Gasteiger partial charge < -0.3 is 19.5 Å². The molecule has 7 rings (SSSR count). The molecule has 1 spiro atoms. The van der Waals surface area contributed by atoms with Gasteiger partial charge in [-0.3, -0.25) is 14.4 Å². The number of aromatic nitrogens is 5. The first kappa shape index (κ1) is 32.4. The molecule has 0 radical (unpaired) electrons. The average Bonchev–Trinajstić information content (AvgIpc) is 3.36. The van der Waals surface area contributed by atoms with E-state index in [4.69, 9.17) is 4.74 Å². The molecule has 2 fully saturated rings. The molecule has 11 nitrogen and oxygen atoms in total. The summed E-state index contributed by atoms with van der Waals surface area (Å²) in [5.41, 5.74) is 3.19. The molecule has 5 aromatic rings. The fourth-order valence-electron chi connectivity index (χ4n) is 7.15. The number of benzene rings is 1. The summed E-state index contributed by atoms with van der Waals surface area (Å²) < 4.78 is 49.1. The van der Waals surface area contributed by atoms with Crippen molar-refractivity contribution in [2.45, 2.75) is 65.4 Å². The topological polar surface area (TPSA) is 124 Å². The number of hydrogen-bond donors (Lipinski definition) is 1. The Morgan fingerprint density at radius 2 is 1.80 bits per heavy atom. The van der Waals surface area contributed by atoms with Gasteiger partial charge in [0.15, 0.2) is 11.4 Å². The normalized spacial score (nSPS) is 17.0. The lowest BCUT2D eigenvalue weighted by atomic mass is 9.96. The zero-order chi connectivity index (χ0) is 34.8. The second-order valence-corrected chi connectivity index (χ2v) is 13.0. The molecular formula is C35H34F3N7O4. The minimum atomic E-state index is -4.71. The highest BCUT2D eigenvalue weighted by Gasteiger charge is 2.59. The standard InChI is InChI=1S/C35H34F3N7O4/c1-19-13-24(22-6-8-28-39-21(3)42-45(28)15-22)14-25-26(20(2)46)16-43(30(19)25)17-29(47)44-12-11-34(9-10-34)31(44)33(48)41-32-23(18-49-4)5-7-27(40-32)35(36,37)38/h5-8,13-16,31H,9-12,17-18H2,1-4H3,(H,40,41,48)/t31-/m1/s1. The van der Waals surface area contributed by atoms with Crippen LogP contribution in [0.1, 0.15) is 59.2 Å². The molecule has 49 heavy (non-hydrogen) atoms. The third-order valence-electron chi connectivity index (χ3n) is 9.63. The van der Waals surface area contributed by atoms with Gasteiger partial charge in [0.2, 0.25) is 11.8 Å². The van der Waals surface area contributed by atoms with Crippen LogP contribution in [-0.2, 0) is 33.7 Å². The second-order valence-electron chi connectivity index (χ2n) is 13.0. The minimum absolute atomic E-state index is 0.0613. The maximum Gasteiger partial charge on any atom is 0.433 e. The van der Waals surface area contributed by atoms with E-state index in [0.29, 0.717) is 29.7 Å². The predicted molar refractivity (Wildman–Crippen MR) is 174 cm³/mol. The molecule has 4 aromatic heterocycles. The SMILES string of the molecule is COCc1ccc(C(F)(F)F)nc1NC(=O)[C@H]1N(C(=O)Cn2cc(C(C)=O)c3cc(-c4ccc5nc(C)nn5c4)cc(C)c32)CCC12CC2. The van der Waals surface area contributed by atoms with E-state index >= 15 is 0 Å². The van der Waals surface area contributed by atoms with Crippen molar-refractivity contribution in [2.75, 3.05) is 19.0 Å². The first-order valence-electron chi connectivity index (χ1n) is 15.9. The monoisotopic (exact) mass is 673 g/mol. The van der Waals surface area contributed by atoms with Crippen LogP contribution in [0.3, 0.4) is 0 Å². The molecule has 0 bridgehead atoms. The van der Waals surface area contributed by atoms with Gasteiger partial charge in [0.05, 0.1) is 12.1 Å². The van der Waals surface area contributed by atoms with Gasteiger partial charge in [-0.2, -0.15) is 18.3 Å². The molecule has 0 unspecified atom stereocenters. The van der Waals surface area contributed by atoms with E-state index in [1.807, 2.05) is 44.3 Å². The first-order chi connectivity index (χ1) is 23.3. The number of fused-ring (bicyclic) bond motifs is 2. The van der Waals surface area contributed by atoms with E-state index in [1.165, 1.54) is 25.0 Å². The number of halogens is 3. The number of ether oxygens (including phenoxy) is 1. The van der Waals surface area contributed by atoms with Gasteiger partial charge in [-0.15, -0.1) is 0 Å². The lowest BCUT2D eigenvalue weighted by molar-refractivity contribution is -0.141. The van der Waals surface area contributed by atoms with Gasteiger partial charge in [-0.1, -0.05) is 6.07 Å². The molecule has 2 amide bonds. The lowest BCUT2D eigenvalue weighted by Gasteiger charge is -2.28. The van der Waals surface area contributed by atoms with Crippen LogP contribution in [0.5, 0.6) is 0 Å². The third kappa shape index (κ3) is 5.83. The van der Waals surface area contributed by atoms with Crippen LogP contribution in [0.4, 0.5) is 19.0 Å². The number of amides is 2. The Morgan fingerprint density at radius 1 is 1.02 bits per heavy atom. The van der Waals surface area contributed by atoms with Gasteiger partial charge in [0, 0.05) is 53.5 Å². The van der Waals surface area contributed by atoms with Crippen LogP contribution in [0.25, 0.3) is 27.7 Å². The molecular weight excluding hydrogens is 639 g/mol. The molecule has 1 aliphatic carbocycles. The molecule has 254 valence electrons. The molecule has 1 saturated carbocycles. The maximum absolute atomic E-state index is 14.0. The number of ketones is 1. The highest BCUT2D eigenvalue weighted by molar-refractivity contribution is 6.09. The van der Waals surface area contributed by atoms with E-state index in [0.717, 1.165) is 46.8 Å². The van der Waals surface area contributed by atoms with Crippen molar-refractivity contribution in [3.8, 4) is 11.1 Å². The minimum Gasteiger partial charge on any atom is -0.380 e. The number of anilines is 1. The highest BCUT2D eigenvalue weighted by atomic mass is 19.4. The smallest absolute Gasteiger partial charge is 0.380 e. The van der Waals surface area contributed by atoms with Gasteiger partial charge in [-0.05, 0) is 81.5 Å². The number of rotatable bonds is 8. The summed E-state index contributed by atoms with van der Waals surface area (Å²) >= 11 is 0. The number of methoxy groups -OCH3 is 1. The van der Waals surface area contributed by atoms with Gasteiger partial charge in [0.1, 0.15) is 29.9 Å². The van der Waals surface area contributed by atoms with Crippen LogP contribution >= 0.6 is 0 Å². The average molecular weight is 674 g/mol. The maximum atomic E-state index is 14.0. The number of pyridine rings is 2. The van der Waals surface area contributed by atoms with E-state index < -0.39 is 29.2 Å². The number of carbonyl (C=O) groups excluding carboxylic acids is 3. The molecule has 1 aliphatic heterocycles. The Kier molecular flexibility index (Phi) is 7.81. The Labute approximate surface area is 279 Å². The Balaban J connectivity index is 1.19. The van der Waals surface area contributed by atoms with Crippen molar-refractivity contribution >= 4 is 40.0 Å².